The zero-order valence-corrected chi connectivity index (χ0v) is 19.1. The molecule has 0 saturated carbocycles. The van der Waals surface area contributed by atoms with Crippen molar-refractivity contribution in [3.8, 4) is 0 Å². The second kappa shape index (κ2) is 9.40. The second-order valence-electron chi connectivity index (χ2n) is 7.62. The van der Waals surface area contributed by atoms with Crippen LogP contribution in [0.25, 0.3) is 10.9 Å². The molecule has 0 radical (unpaired) electrons. The number of carbonyl (C=O) groups is 2. The van der Waals surface area contributed by atoms with Gasteiger partial charge in [0.05, 0.1) is 12.2 Å². The normalized spacial score (nSPS) is 11.1. The first-order valence-electron chi connectivity index (χ1n) is 10.4. The quantitative estimate of drug-likeness (QED) is 0.322. The number of fused-ring (bicyclic) bond motifs is 1. The van der Waals surface area contributed by atoms with Crippen molar-refractivity contribution < 1.29 is 9.59 Å². The number of thioether (sulfide) groups is 1. The lowest BCUT2D eigenvalue weighted by molar-refractivity contribution is -0.115. The van der Waals surface area contributed by atoms with Gasteiger partial charge in [-0.05, 0) is 37.6 Å². The van der Waals surface area contributed by atoms with E-state index in [2.05, 4.69) is 15.5 Å². The Kier molecular flexibility index (Phi) is 6.41. The molecule has 0 aliphatic carbocycles. The number of amides is 1. The summed E-state index contributed by atoms with van der Waals surface area (Å²) in [5.41, 5.74) is 3.57. The number of Topliss-reactive ketones (excluding diaryl/α,β-unsaturated/α-hetero) is 1. The molecule has 8 heteroatoms. The molecule has 0 unspecified atom stereocenters. The summed E-state index contributed by atoms with van der Waals surface area (Å²) in [6.45, 7) is 4.57. The largest absolute Gasteiger partial charge is 0.350 e. The highest BCUT2D eigenvalue weighted by Crippen LogP contribution is 2.24. The monoisotopic (exact) mass is 447 g/mol. The molecule has 164 valence electrons. The minimum absolute atomic E-state index is 0.0381. The highest BCUT2D eigenvalue weighted by atomic mass is 32.2. The third kappa shape index (κ3) is 4.60. The van der Waals surface area contributed by atoms with E-state index in [1.165, 1.54) is 11.8 Å². The smallest absolute Gasteiger partial charge is 0.232 e. The summed E-state index contributed by atoms with van der Waals surface area (Å²) in [6.07, 6.45) is 1.99. The fraction of sp³-hybridized carbons (Fsp3) is 0.250. The molecule has 2 heterocycles. The molecule has 4 rings (SSSR count). The first-order valence-corrected chi connectivity index (χ1v) is 11.4. The molecule has 32 heavy (non-hydrogen) atoms. The van der Waals surface area contributed by atoms with Crippen molar-refractivity contribution in [1.82, 2.24) is 19.3 Å². The van der Waals surface area contributed by atoms with Gasteiger partial charge in [0.1, 0.15) is 5.82 Å². The maximum absolute atomic E-state index is 12.9. The SMILES string of the molecule is CCn1c(CC(=O)Nc2cccc(C)c2)nnc1SCC(=O)c1cn(C)c2ccccc12. The summed E-state index contributed by atoms with van der Waals surface area (Å²) in [7, 11) is 1.94. The summed E-state index contributed by atoms with van der Waals surface area (Å²) in [5, 5.41) is 12.9. The van der Waals surface area contributed by atoms with E-state index in [4.69, 9.17) is 0 Å². The summed E-state index contributed by atoms with van der Waals surface area (Å²) in [6, 6.07) is 15.5. The van der Waals surface area contributed by atoms with Crippen molar-refractivity contribution in [2.45, 2.75) is 32.0 Å². The lowest BCUT2D eigenvalue weighted by atomic mass is 10.1. The number of anilines is 1. The molecule has 7 nitrogen and oxygen atoms in total. The van der Waals surface area contributed by atoms with Crippen LogP contribution < -0.4 is 5.32 Å². The zero-order chi connectivity index (χ0) is 22.7. The molecule has 0 aliphatic rings. The number of hydrogen-bond donors (Lipinski definition) is 1. The molecule has 2 aromatic carbocycles. The van der Waals surface area contributed by atoms with Gasteiger partial charge < -0.3 is 14.5 Å². The molecule has 0 saturated heterocycles. The van der Waals surface area contributed by atoms with E-state index >= 15 is 0 Å². The van der Waals surface area contributed by atoms with Crippen molar-refractivity contribution in [3.63, 3.8) is 0 Å². The van der Waals surface area contributed by atoms with Crippen molar-refractivity contribution in [2.24, 2.45) is 7.05 Å². The Morgan fingerprint density at radius 1 is 1.09 bits per heavy atom. The van der Waals surface area contributed by atoms with Crippen LogP contribution in [0, 0.1) is 6.92 Å². The Morgan fingerprint density at radius 2 is 1.91 bits per heavy atom. The minimum atomic E-state index is -0.152. The standard InChI is InChI=1S/C24H25N5O2S/c1-4-29-22(13-23(31)25-17-9-7-8-16(2)12-17)26-27-24(29)32-15-21(30)19-14-28(3)20-11-6-5-10-18(19)20/h5-12,14H,4,13,15H2,1-3H3,(H,25,31). The Balaban J connectivity index is 1.43. The number of ketones is 1. The third-order valence-corrected chi connectivity index (χ3v) is 6.23. The number of nitrogens with one attached hydrogen (secondary N) is 1. The van der Waals surface area contributed by atoms with Gasteiger partial charge in [-0.1, -0.05) is 42.1 Å². The van der Waals surface area contributed by atoms with E-state index in [1.807, 2.05) is 84.8 Å². The van der Waals surface area contributed by atoms with Crippen LogP contribution in [0.3, 0.4) is 0 Å². The number of benzene rings is 2. The van der Waals surface area contributed by atoms with Crippen molar-refractivity contribution in [2.75, 3.05) is 11.1 Å². The van der Waals surface area contributed by atoms with Crippen LogP contribution in [0.4, 0.5) is 5.69 Å². The first kappa shape index (κ1) is 21.8. The topological polar surface area (TPSA) is 81.8 Å². The summed E-state index contributed by atoms with van der Waals surface area (Å²) < 4.78 is 3.85. The van der Waals surface area contributed by atoms with E-state index in [0.29, 0.717) is 23.1 Å². The van der Waals surface area contributed by atoms with Gasteiger partial charge in [0, 0.05) is 41.9 Å². The first-order chi connectivity index (χ1) is 15.5. The average Bonchev–Trinajstić information content (AvgIpc) is 3.32. The number of nitrogens with zero attached hydrogens (tertiary/aromatic N) is 4. The highest BCUT2D eigenvalue weighted by molar-refractivity contribution is 7.99. The van der Waals surface area contributed by atoms with Crippen molar-refractivity contribution in [3.05, 3.63) is 71.7 Å². The van der Waals surface area contributed by atoms with E-state index in [-0.39, 0.29) is 23.9 Å². The van der Waals surface area contributed by atoms with Crippen molar-refractivity contribution >= 4 is 40.0 Å². The predicted octanol–water partition coefficient (Wildman–Crippen LogP) is 4.25. The summed E-state index contributed by atoms with van der Waals surface area (Å²) in [5.74, 6) is 0.719. The number of aryl methyl sites for hydroxylation is 2. The van der Waals surface area contributed by atoms with E-state index < -0.39 is 0 Å². The minimum Gasteiger partial charge on any atom is -0.350 e. The van der Waals surface area contributed by atoms with Gasteiger partial charge in [0.25, 0.3) is 0 Å². The third-order valence-electron chi connectivity index (χ3n) is 5.26. The zero-order valence-electron chi connectivity index (χ0n) is 18.3. The van der Waals surface area contributed by atoms with Gasteiger partial charge >= 0.3 is 0 Å². The van der Waals surface area contributed by atoms with Crippen molar-refractivity contribution in [1.29, 1.82) is 0 Å². The molecule has 0 aliphatic heterocycles. The fourth-order valence-corrected chi connectivity index (χ4v) is 4.62. The molecule has 0 fully saturated rings. The van der Waals surface area contributed by atoms with Crippen LogP contribution in [0.5, 0.6) is 0 Å². The van der Waals surface area contributed by atoms with E-state index in [1.54, 1.807) is 0 Å². The number of rotatable bonds is 8. The molecule has 2 aromatic heterocycles. The molecule has 0 spiro atoms. The molecule has 4 aromatic rings. The Labute approximate surface area is 190 Å². The van der Waals surface area contributed by atoms with Crippen LogP contribution in [0.2, 0.25) is 0 Å². The van der Waals surface area contributed by atoms with Gasteiger partial charge in [-0.25, -0.2) is 0 Å². The predicted molar refractivity (Wildman–Crippen MR) is 127 cm³/mol. The maximum atomic E-state index is 12.9. The Morgan fingerprint density at radius 3 is 2.69 bits per heavy atom. The van der Waals surface area contributed by atoms with Gasteiger partial charge in [0.2, 0.25) is 5.91 Å². The lowest BCUT2D eigenvalue weighted by Crippen LogP contribution is -2.17. The Hall–Kier alpha value is -3.39. The number of para-hydroxylation sites is 1. The van der Waals surface area contributed by atoms with Gasteiger partial charge in [-0.3, -0.25) is 9.59 Å². The molecular formula is C24H25N5O2S. The molecule has 1 amide bonds. The average molecular weight is 448 g/mol. The molecule has 0 atom stereocenters. The van der Waals surface area contributed by atoms with Crippen LogP contribution in [-0.4, -0.2) is 36.8 Å². The van der Waals surface area contributed by atoms with Gasteiger partial charge in [-0.15, -0.1) is 10.2 Å². The van der Waals surface area contributed by atoms with Crippen LogP contribution in [-0.2, 0) is 24.8 Å². The fourth-order valence-electron chi connectivity index (χ4n) is 3.72. The summed E-state index contributed by atoms with van der Waals surface area (Å²) >= 11 is 1.35. The molecular weight excluding hydrogens is 422 g/mol. The number of carbonyl (C=O) groups excluding carboxylic acids is 2. The van der Waals surface area contributed by atoms with Gasteiger partial charge in [0.15, 0.2) is 10.9 Å². The lowest BCUT2D eigenvalue weighted by Gasteiger charge is -2.08. The highest BCUT2D eigenvalue weighted by Gasteiger charge is 2.18. The van der Waals surface area contributed by atoms with Gasteiger partial charge in [-0.2, -0.15) is 0 Å². The van der Waals surface area contributed by atoms with Crippen LogP contribution in [0.15, 0.2) is 59.9 Å². The Bertz CT molecular complexity index is 1290. The van der Waals surface area contributed by atoms with Crippen LogP contribution in [0.1, 0.15) is 28.7 Å². The maximum Gasteiger partial charge on any atom is 0.232 e. The summed E-state index contributed by atoms with van der Waals surface area (Å²) in [4.78, 5) is 25.4. The molecule has 1 N–H and O–H groups in total. The number of aromatic nitrogens is 4. The van der Waals surface area contributed by atoms with E-state index in [0.717, 1.165) is 22.2 Å². The second-order valence-corrected chi connectivity index (χ2v) is 8.56. The van der Waals surface area contributed by atoms with E-state index in [9.17, 15) is 9.59 Å². The number of hydrogen-bond acceptors (Lipinski definition) is 5. The molecule has 0 bridgehead atoms. The van der Waals surface area contributed by atoms with Crippen LogP contribution >= 0.6 is 11.8 Å².